The van der Waals surface area contributed by atoms with Crippen molar-refractivity contribution in [3.8, 4) is 5.75 Å². The van der Waals surface area contributed by atoms with Crippen LogP contribution in [0, 0.1) is 0 Å². The quantitative estimate of drug-likeness (QED) is 0.565. The minimum atomic E-state index is 0.268. The molecule has 0 heterocycles. The smallest absolute Gasteiger partial charge is 0.122 e. The fourth-order valence-electron chi connectivity index (χ4n) is 1.00. The minimum absolute atomic E-state index is 0.268. The fraction of sp³-hybridized carbons (Fsp3) is 0.182. The number of para-hydroxylation sites is 1. The summed E-state index contributed by atoms with van der Waals surface area (Å²) in [6, 6.07) is 7.10. The van der Waals surface area contributed by atoms with Crippen LogP contribution in [0.3, 0.4) is 0 Å². The molecular weight excluding hydrogens is 164 g/mol. The first-order chi connectivity index (χ1) is 6.34. The van der Waals surface area contributed by atoms with Crippen LogP contribution in [0.5, 0.6) is 5.75 Å². The van der Waals surface area contributed by atoms with E-state index in [2.05, 4.69) is 0 Å². The first-order valence-electron chi connectivity index (χ1n) is 4.23. The van der Waals surface area contributed by atoms with E-state index in [1.165, 1.54) is 0 Å². The maximum Gasteiger partial charge on any atom is 0.122 e. The lowest BCUT2D eigenvalue weighted by Gasteiger charge is -1.96. The Morgan fingerprint density at radius 3 is 2.69 bits per heavy atom. The molecule has 2 nitrogen and oxygen atoms in total. The number of aromatic hydroxyl groups is 1. The molecule has 0 aliphatic carbocycles. The lowest BCUT2D eigenvalue weighted by molar-refractivity contribution is -0.107. The molecule has 0 atom stereocenters. The second-order valence-electron chi connectivity index (χ2n) is 2.71. The summed E-state index contributed by atoms with van der Waals surface area (Å²) in [4.78, 5) is 10.00. The molecule has 0 saturated carbocycles. The molecule has 0 spiro atoms. The Morgan fingerprint density at radius 2 is 2.00 bits per heavy atom. The average molecular weight is 176 g/mol. The second-order valence-corrected chi connectivity index (χ2v) is 2.71. The number of rotatable bonds is 4. The highest BCUT2D eigenvalue weighted by Gasteiger charge is 1.92. The van der Waals surface area contributed by atoms with E-state index in [-0.39, 0.29) is 5.75 Å². The number of allylic oxidation sites excluding steroid dienone is 1. The second kappa shape index (κ2) is 5.14. The maximum absolute atomic E-state index is 10.00. The third kappa shape index (κ3) is 3.11. The van der Waals surface area contributed by atoms with Crippen molar-refractivity contribution in [1.29, 1.82) is 0 Å². The van der Waals surface area contributed by atoms with Gasteiger partial charge in [0.1, 0.15) is 12.0 Å². The molecule has 0 amide bonds. The van der Waals surface area contributed by atoms with Gasteiger partial charge in [-0.05, 0) is 12.5 Å². The van der Waals surface area contributed by atoms with Gasteiger partial charge in [0, 0.05) is 12.0 Å². The van der Waals surface area contributed by atoms with Gasteiger partial charge in [-0.1, -0.05) is 30.4 Å². The van der Waals surface area contributed by atoms with E-state index < -0.39 is 0 Å². The number of phenols is 1. The highest BCUT2D eigenvalue weighted by atomic mass is 16.3. The molecule has 68 valence electrons. The zero-order valence-corrected chi connectivity index (χ0v) is 7.31. The van der Waals surface area contributed by atoms with E-state index in [0.717, 1.165) is 18.3 Å². The summed E-state index contributed by atoms with van der Waals surface area (Å²) in [5.41, 5.74) is 0.786. The molecule has 0 aromatic heterocycles. The van der Waals surface area contributed by atoms with Gasteiger partial charge in [-0.15, -0.1) is 0 Å². The van der Waals surface area contributed by atoms with Gasteiger partial charge < -0.3 is 9.90 Å². The third-order valence-electron chi connectivity index (χ3n) is 1.69. The Morgan fingerprint density at radius 1 is 1.23 bits per heavy atom. The van der Waals surface area contributed by atoms with Crippen LogP contribution in [0.1, 0.15) is 18.4 Å². The van der Waals surface area contributed by atoms with Crippen LogP contribution in [0.4, 0.5) is 0 Å². The van der Waals surface area contributed by atoms with E-state index in [1.54, 1.807) is 12.1 Å². The Kier molecular flexibility index (Phi) is 3.76. The zero-order chi connectivity index (χ0) is 9.52. The molecule has 2 heteroatoms. The molecule has 1 N–H and O–H groups in total. The first kappa shape index (κ1) is 9.52. The molecule has 1 rings (SSSR count). The van der Waals surface area contributed by atoms with Crippen molar-refractivity contribution in [1.82, 2.24) is 0 Å². The molecule has 13 heavy (non-hydrogen) atoms. The molecular formula is C11H12O2. The zero-order valence-electron chi connectivity index (χ0n) is 7.31. The predicted molar refractivity (Wildman–Crippen MR) is 52.4 cm³/mol. The van der Waals surface area contributed by atoms with Gasteiger partial charge in [0.2, 0.25) is 0 Å². The van der Waals surface area contributed by atoms with E-state index in [9.17, 15) is 9.90 Å². The number of hydrogen-bond acceptors (Lipinski definition) is 2. The first-order valence-corrected chi connectivity index (χ1v) is 4.23. The SMILES string of the molecule is O=CCC/C=C/c1ccccc1O. The summed E-state index contributed by atoms with van der Waals surface area (Å²) in [7, 11) is 0. The van der Waals surface area contributed by atoms with Gasteiger partial charge in [-0.25, -0.2) is 0 Å². The fourth-order valence-corrected chi connectivity index (χ4v) is 1.00. The lowest BCUT2D eigenvalue weighted by atomic mass is 10.1. The maximum atomic E-state index is 10.00. The lowest BCUT2D eigenvalue weighted by Crippen LogP contribution is -1.74. The standard InChI is InChI=1S/C11H12O2/c12-9-5-1-2-6-10-7-3-4-8-11(10)13/h2-4,6-9,13H,1,5H2/b6-2+. The molecule has 1 aromatic rings. The van der Waals surface area contributed by atoms with Crippen molar-refractivity contribution in [3.05, 3.63) is 35.9 Å². The summed E-state index contributed by atoms with van der Waals surface area (Å²) < 4.78 is 0. The van der Waals surface area contributed by atoms with Crippen molar-refractivity contribution < 1.29 is 9.90 Å². The number of carbonyl (C=O) groups excluding carboxylic acids is 1. The summed E-state index contributed by atoms with van der Waals surface area (Å²) in [6.07, 6.45) is 5.83. The van der Waals surface area contributed by atoms with Crippen LogP contribution in [-0.4, -0.2) is 11.4 Å². The van der Waals surface area contributed by atoms with Crippen LogP contribution >= 0.6 is 0 Å². The summed E-state index contributed by atoms with van der Waals surface area (Å²) in [5.74, 6) is 0.268. The van der Waals surface area contributed by atoms with Gasteiger partial charge in [-0.2, -0.15) is 0 Å². The van der Waals surface area contributed by atoms with Crippen LogP contribution in [0.15, 0.2) is 30.3 Å². The number of phenolic OH excluding ortho intramolecular Hbond substituents is 1. The number of aldehydes is 1. The van der Waals surface area contributed by atoms with Crippen LogP contribution in [-0.2, 0) is 4.79 Å². The van der Waals surface area contributed by atoms with Gasteiger partial charge in [0.15, 0.2) is 0 Å². The molecule has 0 aliphatic rings. The third-order valence-corrected chi connectivity index (χ3v) is 1.69. The topological polar surface area (TPSA) is 37.3 Å². The largest absolute Gasteiger partial charge is 0.507 e. The van der Waals surface area contributed by atoms with Gasteiger partial charge in [0.25, 0.3) is 0 Å². The van der Waals surface area contributed by atoms with Crippen LogP contribution in [0.25, 0.3) is 6.08 Å². The van der Waals surface area contributed by atoms with Crippen LogP contribution < -0.4 is 0 Å². The molecule has 0 aliphatic heterocycles. The van der Waals surface area contributed by atoms with E-state index in [4.69, 9.17) is 0 Å². The van der Waals surface area contributed by atoms with Gasteiger partial charge in [-0.3, -0.25) is 0 Å². The average Bonchev–Trinajstić information content (AvgIpc) is 2.15. The van der Waals surface area contributed by atoms with Crippen molar-refractivity contribution >= 4 is 12.4 Å². The Labute approximate surface area is 77.5 Å². The highest BCUT2D eigenvalue weighted by Crippen LogP contribution is 2.17. The minimum Gasteiger partial charge on any atom is -0.507 e. The normalized spacial score (nSPS) is 10.5. The van der Waals surface area contributed by atoms with Crippen molar-refractivity contribution in [2.24, 2.45) is 0 Å². The van der Waals surface area contributed by atoms with Gasteiger partial charge in [0.05, 0.1) is 0 Å². The highest BCUT2D eigenvalue weighted by molar-refractivity contribution is 5.57. The summed E-state index contributed by atoms with van der Waals surface area (Å²) in [5, 5.41) is 9.35. The molecule has 0 unspecified atom stereocenters. The molecule has 0 fully saturated rings. The summed E-state index contributed by atoms with van der Waals surface area (Å²) >= 11 is 0. The van der Waals surface area contributed by atoms with Crippen molar-refractivity contribution in [2.45, 2.75) is 12.8 Å². The molecule has 0 saturated heterocycles. The number of carbonyl (C=O) groups is 1. The van der Waals surface area contributed by atoms with E-state index in [1.807, 2.05) is 24.3 Å². The van der Waals surface area contributed by atoms with Crippen LogP contribution in [0.2, 0.25) is 0 Å². The molecule has 0 bridgehead atoms. The summed E-state index contributed by atoms with van der Waals surface area (Å²) in [6.45, 7) is 0. The molecule has 1 aromatic carbocycles. The Hall–Kier alpha value is -1.57. The Balaban J connectivity index is 2.58. The monoisotopic (exact) mass is 176 g/mol. The van der Waals surface area contributed by atoms with Crippen molar-refractivity contribution in [2.75, 3.05) is 0 Å². The van der Waals surface area contributed by atoms with Crippen molar-refractivity contribution in [3.63, 3.8) is 0 Å². The predicted octanol–water partition coefficient (Wildman–Crippen LogP) is 2.38. The van der Waals surface area contributed by atoms with E-state index in [0.29, 0.717) is 6.42 Å². The number of hydrogen-bond donors (Lipinski definition) is 1. The molecule has 0 radical (unpaired) electrons. The van der Waals surface area contributed by atoms with Gasteiger partial charge >= 0.3 is 0 Å². The van der Waals surface area contributed by atoms with E-state index >= 15 is 0 Å². The number of unbranched alkanes of at least 4 members (excludes halogenated alkanes) is 1. The number of benzene rings is 1. The Bertz CT molecular complexity index is 303.